The summed E-state index contributed by atoms with van der Waals surface area (Å²) in [4.78, 5) is 35.1. The SMILES string of the molecule is CC/C=C\C/C=C\C/C=C\C/C=C\C/C=C\C/C=C\CCC(=O)OC(COC(=O)CCCCCCCCCCCCCCCCCCC/C=C\C/C=C\C/C=C\C/C=C\C/C=C\CC)COP(=O)(O)OCCN. The van der Waals surface area contributed by atoms with Gasteiger partial charge >= 0.3 is 19.8 Å². The Balaban J connectivity index is 4.00. The van der Waals surface area contributed by atoms with Crippen molar-refractivity contribution < 1.29 is 37.6 Å². The second-order valence-electron chi connectivity index (χ2n) is 18.4. The normalized spacial score (nSPS) is 14.1. The van der Waals surface area contributed by atoms with Gasteiger partial charge in [0.2, 0.25) is 0 Å². The molecule has 0 aliphatic heterocycles. The van der Waals surface area contributed by atoms with Gasteiger partial charge in [0, 0.05) is 19.4 Å². The zero-order valence-corrected chi connectivity index (χ0v) is 47.0. The smallest absolute Gasteiger partial charge is 0.462 e. The van der Waals surface area contributed by atoms with Crippen LogP contribution in [-0.2, 0) is 32.7 Å². The molecule has 10 heteroatoms. The van der Waals surface area contributed by atoms with Gasteiger partial charge in [-0.1, -0.05) is 244 Å². The summed E-state index contributed by atoms with van der Waals surface area (Å²) < 4.78 is 32.9. The molecule has 3 N–H and O–H groups in total. The highest BCUT2D eigenvalue weighted by Gasteiger charge is 2.26. The lowest BCUT2D eigenvalue weighted by Gasteiger charge is -2.19. The summed E-state index contributed by atoms with van der Waals surface area (Å²) >= 11 is 0. The lowest BCUT2D eigenvalue weighted by Crippen LogP contribution is -2.29. The van der Waals surface area contributed by atoms with Crippen molar-refractivity contribution in [2.45, 2.75) is 225 Å². The molecular weight excluding hydrogens is 930 g/mol. The number of hydrogen-bond acceptors (Lipinski definition) is 8. The third-order valence-corrected chi connectivity index (χ3v) is 12.5. The number of unbranched alkanes of at least 4 members (excludes halogenated alkanes) is 17. The van der Waals surface area contributed by atoms with Gasteiger partial charge in [-0.25, -0.2) is 4.57 Å². The molecule has 0 aliphatic carbocycles. The Bertz CT molecular complexity index is 1650. The van der Waals surface area contributed by atoms with Crippen LogP contribution in [0.1, 0.15) is 219 Å². The molecule has 0 fully saturated rings. The summed E-state index contributed by atoms with van der Waals surface area (Å²) in [6.45, 7) is 3.42. The van der Waals surface area contributed by atoms with E-state index in [2.05, 4.69) is 135 Å². The van der Waals surface area contributed by atoms with Crippen molar-refractivity contribution in [2.75, 3.05) is 26.4 Å². The Hall–Kier alpha value is -3.85. The lowest BCUT2D eigenvalue weighted by molar-refractivity contribution is -0.161. The van der Waals surface area contributed by atoms with Crippen molar-refractivity contribution in [3.63, 3.8) is 0 Å². The number of carbonyl (C=O) groups excluding carboxylic acids is 2. The molecule has 0 amide bonds. The van der Waals surface area contributed by atoms with Crippen LogP contribution in [0.2, 0.25) is 0 Å². The molecule has 0 aromatic rings. The molecule has 414 valence electrons. The number of ether oxygens (including phenoxy) is 2. The van der Waals surface area contributed by atoms with Crippen LogP contribution in [0.5, 0.6) is 0 Å². The molecule has 0 aromatic heterocycles. The first kappa shape index (κ1) is 69.2. The summed E-state index contributed by atoms with van der Waals surface area (Å²) in [5.41, 5.74) is 5.37. The van der Waals surface area contributed by atoms with Gasteiger partial charge in [0.15, 0.2) is 6.10 Å². The van der Waals surface area contributed by atoms with Crippen molar-refractivity contribution in [1.82, 2.24) is 0 Å². The minimum Gasteiger partial charge on any atom is -0.462 e. The number of carbonyl (C=O) groups is 2. The van der Waals surface area contributed by atoms with Crippen LogP contribution in [0.15, 0.2) is 134 Å². The quantitative estimate of drug-likeness (QED) is 0.0264. The Labute approximate surface area is 446 Å². The zero-order chi connectivity index (χ0) is 53.1. The third-order valence-electron chi connectivity index (χ3n) is 11.5. The van der Waals surface area contributed by atoms with Gasteiger partial charge in [-0.05, 0) is 96.3 Å². The second-order valence-corrected chi connectivity index (χ2v) is 19.8. The summed E-state index contributed by atoms with van der Waals surface area (Å²) in [7, 11) is -4.41. The highest BCUT2D eigenvalue weighted by atomic mass is 31.2. The van der Waals surface area contributed by atoms with E-state index in [0.717, 1.165) is 89.9 Å². The number of phosphoric acid groups is 1. The average Bonchev–Trinajstić information content (AvgIpc) is 3.38. The van der Waals surface area contributed by atoms with Gasteiger partial charge in [-0.2, -0.15) is 0 Å². The number of esters is 2. The van der Waals surface area contributed by atoms with E-state index >= 15 is 0 Å². The molecule has 0 spiro atoms. The minimum atomic E-state index is -4.41. The van der Waals surface area contributed by atoms with Crippen LogP contribution in [-0.4, -0.2) is 49.3 Å². The van der Waals surface area contributed by atoms with Crippen LogP contribution in [0.4, 0.5) is 0 Å². The fourth-order valence-corrected chi connectivity index (χ4v) is 8.16. The number of rotatable bonds is 52. The lowest BCUT2D eigenvalue weighted by atomic mass is 10.0. The molecule has 0 bridgehead atoms. The molecule has 0 saturated heterocycles. The molecule has 0 aliphatic rings. The molecule has 73 heavy (non-hydrogen) atoms. The van der Waals surface area contributed by atoms with E-state index in [1.165, 1.54) is 96.3 Å². The number of nitrogens with two attached hydrogens (primary N) is 1. The van der Waals surface area contributed by atoms with Crippen LogP contribution < -0.4 is 5.73 Å². The predicted molar refractivity (Wildman–Crippen MR) is 311 cm³/mol. The molecule has 0 saturated carbocycles. The first-order valence-corrected chi connectivity index (χ1v) is 30.2. The molecule has 2 unspecified atom stereocenters. The highest BCUT2D eigenvalue weighted by Crippen LogP contribution is 2.43. The third kappa shape index (κ3) is 57.3. The maximum absolute atomic E-state index is 12.6. The van der Waals surface area contributed by atoms with E-state index in [9.17, 15) is 19.0 Å². The van der Waals surface area contributed by atoms with E-state index in [0.29, 0.717) is 6.42 Å². The fourth-order valence-electron chi connectivity index (χ4n) is 7.39. The van der Waals surface area contributed by atoms with E-state index in [1.807, 2.05) is 12.2 Å². The summed E-state index contributed by atoms with van der Waals surface area (Å²) in [5.74, 6) is -0.931. The van der Waals surface area contributed by atoms with Gasteiger partial charge in [0.1, 0.15) is 6.61 Å². The van der Waals surface area contributed by atoms with Gasteiger partial charge in [-0.15, -0.1) is 0 Å². The Kier molecular flexibility index (Phi) is 54.4. The van der Waals surface area contributed by atoms with Gasteiger partial charge in [0.05, 0.1) is 13.2 Å². The Morgan fingerprint density at radius 2 is 0.740 bits per heavy atom. The van der Waals surface area contributed by atoms with Gasteiger partial charge in [0.25, 0.3) is 0 Å². The van der Waals surface area contributed by atoms with E-state index in [-0.39, 0.29) is 32.6 Å². The molecule has 0 radical (unpaired) electrons. The standard InChI is InChI=1S/C63H104NO8P/c1-3-5-7-9-11-13-15-17-19-21-23-24-25-26-27-28-29-30-31-32-33-34-35-36-38-39-41-43-45-47-49-51-53-55-62(65)69-59-61(60-71-73(67,68)70-58-57-64)72-63(66)56-54-52-50-48-46-44-42-40-37-22-20-18-16-14-12-10-8-6-4-2/h5-8,11-14,17-20,23-24,26-27,37,40,44,46,50,52,61H,3-4,9-10,15-16,21-22,25,28-36,38-39,41-43,45,47-49,51,53-60,64H2,1-2H3,(H,67,68)/b7-5-,8-6-,13-11-,14-12-,19-17-,20-18-,24-23-,27-26-,40-37-,46-44-,52-50-. The Morgan fingerprint density at radius 1 is 0.411 bits per heavy atom. The number of allylic oxidation sites excluding steroid dienone is 22. The van der Waals surface area contributed by atoms with E-state index in [4.69, 9.17) is 24.3 Å². The molecule has 9 nitrogen and oxygen atoms in total. The minimum absolute atomic E-state index is 0.0361. The number of hydrogen-bond donors (Lipinski definition) is 2. The van der Waals surface area contributed by atoms with Crippen molar-refractivity contribution in [3.05, 3.63) is 134 Å². The maximum Gasteiger partial charge on any atom is 0.472 e. The van der Waals surface area contributed by atoms with Crippen molar-refractivity contribution >= 4 is 19.8 Å². The molecular formula is C63H104NO8P. The van der Waals surface area contributed by atoms with Crippen LogP contribution in [0.25, 0.3) is 0 Å². The second kappa shape index (κ2) is 57.4. The van der Waals surface area contributed by atoms with Crippen molar-refractivity contribution in [2.24, 2.45) is 5.73 Å². The predicted octanol–water partition coefficient (Wildman–Crippen LogP) is 18.2. The van der Waals surface area contributed by atoms with Gasteiger partial charge < -0.3 is 20.1 Å². The first-order chi connectivity index (χ1) is 35.8. The molecule has 0 aromatic carbocycles. The fraction of sp³-hybridized carbons (Fsp3) is 0.619. The van der Waals surface area contributed by atoms with Crippen molar-refractivity contribution in [1.29, 1.82) is 0 Å². The molecule has 0 heterocycles. The van der Waals surface area contributed by atoms with Crippen LogP contribution >= 0.6 is 7.82 Å². The van der Waals surface area contributed by atoms with Crippen LogP contribution in [0.3, 0.4) is 0 Å². The molecule has 2 atom stereocenters. The van der Waals surface area contributed by atoms with Gasteiger partial charge in [-0.3, -0.25) is 18.6 Å². The average molecular weight is 1030 g/mol. The topological polar surface area (TPSA) is 134 Å². The van der Waals surface area contributed by atoms with E-state index in [1.54, 1.807) is 0 Å². The maximum atomic E-state index is 12.6. The summed E-state index contributed by atoms with van der Waals surface area (Å²) in [6.07, 6.45) is 81.0. The summed E-state index contributed by atoms with van der Waals surface area (Å²) in [6, 6.07) is 0. The zero-order valence-electron chi connectivity index (χ0n) is 46.1. The Morgan fingerprint density at radius 3 is 1.11 bits per heavy atom. The summed E-state index contributed by atoms with van der Waals surface area (Å²) in [5, 5.41) is 0. The number of phosphoric ester groups is 1. The van der Waals surface area contributed by atoms with E-state index < -0.39 is 32.5 Å². The molecule has 0 rings (SSSR count). The van der Waals surface area contributed by atoms with Crippen molar-refractivity contribution in [3.8, 4) is 0 Å². The largest absolute Gasteiger partial charge is 0.472 e. The van der Waals surface area contributed by atoms with Crippen LogP contribution in [0, 0.1) is 0 Å². The first-order valence-electron chi connectivity index (χ1n) is 28.7. The monoisotopic (exact) mass is 1030 g/mol. The highest BCUT2D eigenvalue weighted by molar-refractivity contribution is 7.47.